The van der Waals surface area contributed by atoms with Crippen LogP contribution in [0.3, 0.4) is 0 Å². The molecule has 2 heterocycles. The van der Waals surface area contributed by atoms with Gasteiger partial charge in [-0.2, -0.15) is 0 Å². The number of likely N-dealkylation sites (tertiary alicyclic amines) is 2. The van der Waals surface area contributed by atoms with Crippen molar-refractivity contribution in [3.63, 3.8) is 0 Å². The van der Waals surface area contributed by atoms with Crippen LogP contribution in [0.4, 0.5) is 16.2 Å². The summed E-state index contributed by atoms with van der Waals surface area (Å²) in [5, 5.41) is 6.40. The van der Waals surface area contributed by atoms with Gasteiger partial charge in [0.1, 0.15) is 11.4 Å². The second kappa shape index (κ2) is 9.41. The molecule has 0 saturated carbocycles. The average molecular weight is 393 g/mol. The van der Waals surface area contributed by atoms with E-state index in [0.29, 0.717) is 43.7 Å². The molecule has 1 aromatic rings. The summed E-state index contributed by atoms with van der Waals surface area (Å²) in [6, 6.07) is 0.655. The number of rotatable bonds is 7. The van der Waals surface area contributed by atoms with E-state index in [9.17, 15) is 14.4 Å². The lowest BCUT2D eigenvalue weighted by Crippen LogP contribution is -2.46. The smallest absolute Gasteiger partial charge is 0.409 e. The first-order valence-electron chi connectivity index (χ1n) is 10.5. The maximum absolute atomic E-state index is 12.0. The Kier molecular flexibility index (Phi) is 6.93. The highest BCUT2D eigenvalue weighted by atomic mass is 16.6. The van der Waals surface area contributed by atoms with Crippen LogP contribution in [0.15, 0.2) is 9.59 Å². The number of carbonyl (C=O) groups is 1. The van der Waals surface area contributed by atoms with Crippen molar-refractivity contribution in [2.75, 3.05) is 50.0 Å². The van der Waals surface area contributed by atoms with E-state index in [-0.39, 0.29) is 12.1 Å². The Bertz CT molecular complexity index is 735. The number of hydrogen-bond acceptors (Lipinski definition) is 7. The molecule has 1 atom stereocenters. The van der Waals surface area contributed by atoms with Crippen molar-refractivity contribution in [1.82, 2.24) is 9.80 Å². The zero-order valence-electron chi connectivity index (χ0n) is 17.0. The molecule has 2 N–H and O–H groups in total. The second-order valence-electron chi connectivity index (χ2n) is 7.82. The SMILES string of the molecule is CCOC(=O)N1CCC(Nc2c(NCCN3CCCC[C@H]3C)c(=O)c2=O)CC1. The van der Waals surface area contributed by atoms with E-state index in [0.717, 1.165) is 25.9 Å². The normalized spacial score (nSPS) is 21.6. The fourth-order valence-electron chi connectivity index (χ4n) is 4.14. The maximum Gasteiger partial charge on any atom is 0.409 e. The zero-order valence-corrected chi connectivity index (χ0v) is 17.0. The average Bonchev–Trinajstić information content (AvgIpc) is 2.71. The Morgan fingerprint density at radius 2 is 1.79 bits per heavy atom. The van der Waals surface area contributed by atoms with Crippen LogP contribution in [0.2, 0.25) is 0 Å². The van der Waals surface area contributed by atoms with Gasteiger partial charge < -0.3 is 20.3 Å². The molecule has 2 aliphatic rings. The Morgan fingerprint density at radius 1 is 1.07 bits per heavy atom. The molecule has 2 aliphatic heterocycles. The fraction of sp³-hybridized carbons (Fsp3) is 0.750. The summed E-state index contributed by atoms with van der Waals surface area (Å²) in [6.07, 6.45) is 4.89. The molecule has 1 aromatic carbocycles. The van der Waals surface area contributed by atoms with E-state index in [1.807, 2.05) is 0 Å². The summed E-state index contributed by atoms with van der Waals surface area (Å²) in [4.78, 5) is 39.9. The molecule has 3 rings (SSSR count). The minimum atomic E-state index is -0.443. The molecule has 0 aromatic heterocycles. The van der Waals surface area contributed by atoms with Crippen molar-refractivity contribution in [3.05, 3.63) is 20.4 Å². The first kappa shape index (κ1) is 20.6. The third-order valence-corrected chi connectivity index (χ3v) is 5.92. The molecule has 28 heavy (non-hydrogen) atoms. The highest BCUT2D eigenvalue weighted by molar-refractivity contribution is 5.74. The Hall–Kier alpha value is -2.09. The standard InChI is InChI=1S/C20H32N4O4/c1-3-28-20(27)24-11-7-15(8-12-24)22-17-16(18(25)19(17)26)21-9-13-23-10-5-4-6-14(23)2/h14-15,21-22H,3-13H2,1-2H3/t14-/m1/s1. The van der Waals surface area contributed by atoms with Gasteiger partial charge in [0, 0.05) is 38.3 Å². The largest absolute Gasteiger partial charge is 0.450 e. The summed E-state index contributed by atoms with van der Waals surface area (Å²) in [5.74, 6) is 0. The van der Waals surface area contributed by atoms with Crippen molar-refractivity contribution in [2.45, 2.75) is 58.0 Å². The molecule has 8 nitrogen and oxygen atoms in total. The van der Waals surface area contributed by atoms with Gasteiger partial charge in [0.2, 0.25) is 0 Å². The van der Waals surface area contributed by atoms with Gasteiger partial charge >= 0.3 is 6.09 Å². The van der Waals surface area contributed by atoms with Crippen LogP contribution in [0, 0.1) is 0 Å². The van der Waals surface area contributed by atoms with Crippen LogP contribution < -0.4 is 21.5 Å². The van der Waals surface area contributed by atoms with E-state index in [4.69, 9.17) is 4.74 Å². The molecule has 0 unspecified atom stereocenters. The lowest BCUT2D eigenvalue weighted by molar-refractivity contribution is 0.0983. The van der Waals surface area contributed by atoms with Crippen molar-refractivity contribution in [2.24, 2.45) is 0 Å². The second-order valence-corrected chi connectivity index (χ2v) is 7.82. The molecule has 8 heteroatoms. The summed E-state index contributed by atoms with van der Waals surface area (Å²) < 4.78 is 5.02. The predicted molar refractivity (Wildman–Crippen MR) is 110 cm³/mol. The predicted octanol–water partition coefficient (Wildman–Crippen LogP) is 1.60. The topological polar surface area (TPSA) is 91.0 Å². The third-order valence-electron chi connectivity index (χ3n) is 5.92. The van der Waals surface area contributed by atoms with Crippen LogP contribution in [-0.2, 0) is 4.74 Å². The molecule has 0 radical (unpaired) electrons. The van der Waals surface area contributed by atoms with E-state index in [1.165, 1.54) is 19.3 Å². The number of nitrogens with one attached hydrogen (secondary N) is 2. The first-order valence-corrected chi connectivity index (χ1v) is 10.5. The molecule has 1 amide bonds. The summed E-state index contributed by atoms with van der Waals surface area (Å²) in [5.41, 5.74) is -0.0476. The first-order chi connectivity index (χ1) is 13.5. The minimum Gasteiger partial charge on any atom is -0.450 e. The summed E-state index contributed by atoms with van der Waals surface area (Å²) in [7, 11) is 0. The van der Waals surface area contributed by atoms with Gasteiger partial charge in [-0.1, -0.05) is 6.42 Å². The summed E-state index contributed by atoms with van der Waals surface area (Å²) in [6.45, 7) is 8.20. The van der Waals surface area contributed by atoms with Gasteiger partial charge in [0.15, 0.2) is 0 Å². The molecule has 156 valence electrons. The quantitative estimate of drug-likeness (QED) is 0.681. The number of amides is 1. The molecular formula is C20H32N4O4. The van der Waals surface area contributed by atoms with Crippen molar-refractivity contribution in [3.8, 4) is 0 Å². The van der Waals surface area contributed by atoms with Gasteiger partial charge in [-0.25, -0.2) is 4.79 Å². The third kappa shape index (κ3) is 4.66. The number of piperidine rings is 2. The number of ether oxygens (including phenoxy) is 1. The number of hydrogen-bond donors (Lipinski definition) is 2. The minimum absolute atomic E-state index is 0.0802. The van der Waals surface area contributed by atoms with Crippen LogP contribution in [0.1, 0.15) is 46.0 Å². The van der Waals surface area contributed by atoms with Crippen LogP contribution in [0.25, 0.3) is 0 Å². The lowest BCUT2D eigenvalue weighted by atomic mass is 10.0. The molecule has 2 saturated heterocycles. The van der Waals surface area contributed by atoms with Gasteiger partial charge in [-0.3, -0.25) is 14.5 Å². The van der Waals surface area contributed by atoms with E-state index < -0.39 is 10.9 Å². The number of anilines is 2. The van der Waals surface area contributed by atoms with Crippen molar-refractivity contribution >= 4 is 17.5 Å². The molecule has 2 fully saturated rings. The lowest BCUT2D eigenvalue weighted by Gasteiger charge is -2.34. The van der Waals surface area contributed by atoms with Gasteiger partial charge in [0.25, 0.3) is 10.9 Å². The van der Waals surface area contributed by atoms with Crippen LogP contribution in [0.5, 0.6) is 0 Å². The highest BCUT2D eigenvalue weighted by Gasteiger charge is 2.28. The zero-order chi connectivity index (χ0) is 20.1. The van der Waals surface area contributed by atoms with Crippen LogP contribution in [-0.4, -0.2) is 67.3 Å². The van der Waals surface area contributed by atoms with Gasteiger partial charge in [-0.05, 0) is 46.1 Å². The van der Waals surface area contributed by atoms with Gasteiger partial charge in [0.05, 0.1) is 6.61 Å². The van der Waals surface area contributed by atoms with Gasteiger partial charge in [-0.15, -0.1) is 0 Å². The monoisotopic (exact) mass is 392 g/mol. The maximum atomic E-state index is 12.0. The molecular weight excluding hydrogens is 360 g/mol. The van der Waals surface area contributed by atoms with Crippen molar-refractivity contribution < 1.29 is 9.53 Å². The van der Waals surface area contributed by atoms with Crippen LogP contribution >= 0.6 is 0 Å². The molecule has 0 aliphatic carbocycles. The Labute approximate surface area is 165 Å². The van der Waals surface area contributed by atoms with E-state index in [1.54, 1.807) is 11.8 Å². The molecule has 0 bridgehead atoms. The number of carbonyl (C=O) groups excluding carboxylic acids is 1. The Balaban J connectivity index is 1.48. The fourth-order valence-corrected chi connectivity index (χ4v) is 4.14. The van der Waals surface area contributed by atoms with E-state index in [2.05, 4.69) is 22.5 Å². The Morgan fingerprint density at radius 3 is 2.46 bits per heavy atom. The molecule has 0 spiro atoms. The summed E-state index contributed by atoms with van der Waals surface area (Å²) >= 11 is 0. The number of nitrogens with zero attached hydrogens (tertiary/aromatic N) is 2. The van der Waals surface area contributed by atoms with E-state index >= 15 is 0 Å². The van der Waals surface area contributed by atoms with Crippen molar-refractivity contribution in [1.29, 1.82) is 0 Å². The highest BCUT2D eigenvalue weighted by Crippen LogP contribution is 2.21.